The number of allylic oxidation sites excluding steroid dienone is 2. The lowest BCUT2D eigenvalue weighted by Crippen LogP contribution is -2.04. The minimum Gasteiger partial charge on any atom is -0.314 e. The van der Waals surface area contributed by atoms with Crippen LogP contribution in [-0.4, -0.2) is 6.16 Å². The maximum atomic E-state index is 12.9. The fraction of sp³-hybridized carbons (Fsp3) is 0.385. The Bertz CT molecular complexity index is 473. The molecule has 2 rings (SSSR count). The van der Waals surface area contributed by atoms with E-state index in [9.17, 15) is 4.57 Å². The van der Waals surface area contributed by atoms with Gasteiger partial charge in [0.05, 0.1) is 0 Å². The molecule has 3 heteroatoms. The zero-order valence-corrected chi connectivity index (χ0v) is 11.3. The predicted octanol–water partition coefficient (Wildman–Crippen LogP) is 4.42. The molecule has 0 radical (unpaired) electrons. The first-order valence-electron chi connectivity index (χ1n) is 5.62. The van der Waals surface area contributed by atoms with Crippen molar-refractivity contribution in [2.75, 3.05) is 6.16 Å². The first-order valence-corrected chi connectivity index (χ1v) is 7.89. The Labute approximate surface area is 102 Å². The molecule has 0 aromatic heterocycles. The summed E-state index contributed by atoms with van der Waals surface area (Å²) >= 11 is 5.85. The third-order valence-corrected chi connectivity index (χ3v) is 7.09. The summed E-state index contributed by atoms with van der Waals surface area (Å²) in [6.45, 7) is 4.16. The van der Waals surface area contributed by atoms with Crippen molar-refractivity contribution in [3.05, 3.63) is 40.2 Å². The molecule has 1 aromatic carbocycles. The first-order chi connectivity index (χ1) is 7.58. The van der Waals surface area contributed by atoms with Crippen molar-refractivity contribution in [2.24, 2.45) is 0 Å². The van der Waals surface area contributed by atoms with Gasteiger partial charge in [-0.2, -0.15) is 0 Å². The Morgan fingerprint density at radius 2 is 1.94 bits per heavy atom. The quantitative estimate of drug-likeness (QED) is 0.714. The zero-order chi connectivity index (χ0) is 11.8. The van der Waals surface area contributed by atoms with Gasteiger partial charge in [-0.1, -0.05) is 24.1 Å². The van der Waals surface area contributed by atoms with Crippen molar-refractivity contribution in [2.45, 2.75) is 26.7 Å². The molecule has 0 aliphatic carbocycles. The molecule has 0 saturated carbocycles. The normalized spacial score (nSPS) is 25.2. The van der Waals surface area contributed by atoms with Crippen LogP contribution in [0.25, 0.3) is 0 Å². The molecule has 0 fully saturated rings. The van der Waals surface area contributed by atoms with E-state index in [4.69, 9.17) is 11.6 Å². The van der Waals surface area contributed by atoms with E-state index in [-0.39, 0.29) is 0 Å². The smallest absolute Gasteiger partial charge is 0.139 e. The van der Waals surface area contributed by atoms with E-state index >= 15 is 0 Å². The van der Waals surface area contributed by atoms with Gasteiger partial charge in [0.1, 0.15) is 7.14 Å². The third kappa shape index (κ3) is 1.87. The van der Waals surface area contributed by atoms with Gasteiger partial charge in [-0.3, -0.25) is 0 Å². The number of hydrogen-bond acceptors (Lipinski definition) is 1. The van der Waals surface area contributed by atoms with E-state index < -0.39 is 7.14 Å². The second kappa shape index (κ2) is 4.39. The van der Waals surface area contributed by atoms with Gasteiger partial charge >= 0.3 is 0 Å². The topological polar surface area (TPSA) is 17.1 Å². The zero-order valence-electron chi connectivity index (χ0n) is 9.66. The summed E-state index contributed by atoms with van der Waals surface area (Å²) in [5.74, 6) is 0. The van der Waals surface area contributed by atoms with Crippen molar-refractivity contribution >= 4 is 24.0 Å². The second-order valence-electron chi connectivity index (χ2n) is 4.23. The molecule has 1 unspecified atom stereocenters. The molecule has 1 aliphatic rings. The van der Waals surface area contributed by atoms with Crippen LogP contribution in [0.1, 0.15) is 26.7 Å². The lowest BCUT2D eigenvalue weighted by atomic mass is 10.1. The molecule has 1 heterocycles. The van der Waals surface area contributed by atoms with Crippen LogP contribution >= 0.6 is 18.7 Å². The minimum absolute atomic E-state index is 0.701. The van der Waals surface area contributed by atoms with Crippen LogP contribution < -0.4 is 5.30 Å². The fourth-order valence-corrected chi connectivity index (χ4v) is 5.44. The number of halogens is 1. The Kier molecular flexibility index (Phi) is 3.28. The van der Waals surface area contributed by atoms with Crippen molar-refractivity contribution in [1.82, 2.24) is 0 Å². The molecule has 0 saturated heterocycles. The first kappa shape index (κ1) is 12.0. The van der Waals surface area contributed by atoms with Crippen molar-refractivity contribution in [3.63, 3.8) is 0 Å². The molecule has 0 N–H and O–H groups in total. The molecule has 0 bridgehead atoms. The highest BCUT2D eigenvalue weighted by atomic mass is 35.5. The monoisotopic (exact) mass is 254 g/mol. The average molecular weight is 255 g/mol. The molecule has 86 valence electrons. The standard InChI is InChI=1S/C13H16ClOP/c1-3-11-8-9-16(15,10(11)2)13-6-4-12(14)5-7-13/h4-7H,3,8-9H2,1-2H3. The van der Waals surface area contributed by atoms with Crippen LogP contribution in [0.15, 0.2) is 35.2 Å². The second-order valence-corrected chi connectivity index (χ2v) is 7.78. The molecule has 1 aromatic rings. The van der Waals surface area contributed by atoms with Gasteiger partial charge in [0.2, 0.25) is 0 Å². The Morgan fingerprint density at radius 1 is 1.31 bits per heavy atom. The van der Waals surface area contributed by atoms with E-state index in [1.165, 1.54) is 5.57 Å². The maximum absolute atomic E-state index is 12.9. The van der Waals surface area contributed by atoms with Crippen molar-refractivity contribution in [3.8, 4) is 0 Å². The summed E-state index contributed by atoms with van der Waals surface area (Å²) < 4.78 is 12.9. The SMILES string of the molecule is CCC1=C(C)P(=O)(c2ccc(Cl)cc2)CC1. The summed E-state index contributed by atoms with van der Waals surface area (Å²) in [4.78, 5) is 0. The predicted molar refractivity (Wildman–Crippen MR) is 71.2 cm³/mol. The van der Waals surface area contributed by atoms with Crippen LogP contribution in [0.3, 0.4) is 0 Å². The summed E-state index contributed by atoms with van der Waals surface area (Å²) in [7, 11) is -2.28. The van der Waals surface area contributed by atoms with Crippen LogP contribution in [0.4, 0.5) is 0 Å². The van der Waals surface area contributed by atoms with Gasteiger partial charge in [0, 0.05) is 16.5 Å². The molecular formula is C13H16ClOP. The number of rotatable bonds is 2. The number of benzene rings is 1. The Morgan fingerprint density at radius 3 is 2.44 bits per heavy atom. The lowest BCUT2D eigenvalue weighted by molar-refractivity contribution is 0.586. The fourth-order valence-electron chi connectivity index (χ4n) is 2.33. The molecule has 1 nitrogen and oxygen atoms in total. The van der Waals surface area contributed by atoms with Gasteiger partial charge < -0.3 is 4.57 Å². The molecule has 16 heavy (non-hydrogen) atoms. The van der Waals surface area contributed by atoms with E-state index in [0.29, 0.717) is 5.02 Å². The van der Waals surface area contributed by atoms with Crippen LogP contribution in [0.2, 0.25) is 5.02 Å². The summed E-state index contributed by atoms with van der Waals surface area (Å²) in [6, 6.07) is 7.47. The van der Waals surface area contributed by atoms with E-state index in [1.807, 2.05) is 31.2 Å². The summed E-state index contributed by atoms with van der Waals surface area (Å²) in [5, 5.41) is 2.78. The van der Waals surface area contributed by atoms with Crippen LogP contribution in [0, 0.1) is 0 Å². The lowest BCUT2D eigenvalue weighted by Gasteiger charge is -2.14. The highest BCUT2D eigenvalue weighted by molar-refractivity contribution is 7.75. The largest absolute Gasteiger partial charge is 0.314 e. The van der Waals surface area contributed by atoms with E-state index in [0.717, 1.165) is 29.6 Å². The average Bonchev–Trinajstić information content (AvgIpc) is 2.58. The molecule has 0 spiro atoms. The number of hydrogen-bond donors (Lipinski definition) is 0. The molecular weight excluding hydrogens is 239 g/mol. The van der Waals surface area contributed by atoms with Gasteiger partial charge in [-0.25, -0.2) is 0 Å². The van der Waals surface area contributed by atoms with Gasteiger partial charge in [-0.15, -0.1) is 0 Å². The Hall–Kier alpha value is -0.520. The maximum Gasteiger partial charge on any atom is 0.139 e. The molecule has 1 aliphatic heterocycles. The Balaban J connectivity index is 2.45. The van der Waals surface area contributed by atoms with Gasteiger partial charge in [0.15, 0.2) is 0 Å². The van der Waals surface area contributed by atoms with Crippen molar-refractivity contribution < 1.29 is 4.57 Å². The minimum atomic E-state index is -2.28. The summed E-state index contributed by atoms with van der Waals surface area (Å²) in [5.41, 5.74) is 1.37. The van der Waals surface area contributed by atoms with Gasteiger partial charge in [0.25, 0.3) is 0 Å². The summed E-state index contributed by atoms with van der Waals surface area (Å²) in [6.07, 6.45) is 2.80. The van der Waals surface area contributed by atoms with Crippen LogP contribution in [-0.2, 0) is 4.57 Å². The van der Waals surface area contributed by atoms with Crippen molar-refractivity contribution in [1.29, 1.82) is 0 Å². The molecule has 1 atom stereocenters. The third-order valence-electron chi connectivity index (χ3n) is 3.45. The highest BCUT2D eigenvalue weighted by Crippen LogP contribution is 2.59. The van der Waals surface area contributed by atoms with E-state index in [2.05, 4.69) is 6.92 Å². The molecule has 0 amide bonds. The highest BCUT2D eigenvalue weighted by Gasteiger charge is 2.33. The van der Waals surface area contributed by atoms with Gasteiger partial charge in [-0.05, 0) is 49.3 Å². The van der Waals surface area contributed by atoms with E-state index in [1.54, 1.807) is 0 Å². The van der Waals surface area contributed by atoms with Crippen LogP contribution in [0.5, 0.6) is 0 Å².